The molecule has 21 heavy (non-hydrogen) atoms. The highest BCUT2D eigenvalue weighted by molar-refractivity contribution is 5.94. The lowest BCUT2D eigenvalue weighted by molar-refractivity contribution is -0.113. The second kappa shape index (κ2) is 5.60. The van der Waals surface area contributed by atoms with Crippen LogP contribution in [0.4, 0.5) is 10.5 Å². The van der Waals surface area contributed by atoms with E-state index >= 15 is 0 Å². The molecule has 0 aliphatic carbocycles. The third-order valence-electron chi connectivity index (χ3n) is 3.99. The monoisotopic (exact) mass is 288 g/mol. The molecule has 0 spiro atoms. The zero-order valence-electron chi connectivity index (χ0n) is 12.5. The Labute approximate surface area is 124 Å². The summed E-state index contributed by atoms with van der Waals surface area (Å²) in [6, 6.07) is 5.65. The second-order valence-corrected chi connectivity index (χ2v) is 5.21. The average molecular weight is 288 g/mol. The number of nitrogens with one attached hydrogen (secondary N) is 1. The first-order valence-corrected chi connectivity index (χ1v) is 7.04. The van der Waals surface area contributed by atoms with Crippen molar-refractivity contribution in [3.8, 4) is 0 Å². The van der Waals surface area contributed by atoms with Gasteiger partial charge in [0.25, 0.3) is 0 Å². The van der Waals surface area contributed by atoms with Gasteiger partial charge in [0.05, 0.1) is 5.69 Å². The first kappa shape index (κ1) is 15.1. The number of hydrogen-bond acceptors (Lipinski definition) is 3. The number of benzene rings is 1. The number of anilines is 1. The molecule has 0 aromatic heterocycles. The van der Waals surface area contributed by atoms with Gasteiger partial charge < -0.3 is 10.5 Å². The number of ether oxygens (including phenoxy) is 1. The van der Waals surface area contributed by atoms with Gasteiger partial charge in [0.1, 0.15) is 5.60 Å². The molecule has 1 aromatic rings. The van der Waals surface area contributed by atoms with Crippen LogP contribution in [0, 0.1) is 0 Å². The number of carbonyl (C=O) groups is 2. The number of rotatable bonds is 4. The van der Waals surface area contributed by atoms with Crippen molar-refractivity contribution in [2.45, 2.75) is 39.2 Å². The Morgan fingerprint density at radius 1 is 1.38 bits per heavy atom. The summed E-state index contributed by atoms with van der Waals surface area (Å²) in [7, 11) is 0. The fourth-order valence-electron chi connectivity index (χ4n) is 2.72. The van der Waals surface area contributed by atoms with Crippen LogP contribution in [0.1, 0.15) is 44.7 Å². The van der Waals surface area contributed by atoms with Crippen LogP contribution in [0.15, 0.2) is 24.3 Å². The van der Waals surface area contributed by atoms with Crippen LogP contribution in [0.2, 0.25) is 0 Å². The lowest BCUT2D eigenvalue weighted by Gasteiger charge is -2.37. The number of primary amides is 1. The molecule has 0 radical (unpaired) electrons. The Morgan fingerprint density at radius 2 is 2.05 bits per heavy atom. The van der Waals surface area contributed by atoms with Crippen LogP contribution in [0.3, 0.4) is 0 Å². The summed E-state index contributed by atoms with van der Waals surface area (Å²) in [5.74, 6) is -0.480. The maximum atomic E-state index is 11.7. The van der Waals surface area contributed by atoms with Crippen LogP contribution in [0.5, 0.6) is 0 Å². The van der Waals surface area contributed by atoms with Gasteiger partial charge in [-0.05, 0) is 43.0 Å². The number of cyclic esters (lactones) is 1. The molecule has 5 nitrogen and oxygen atoms in total. The quantitative estimate of drug-likeness (QED) is 0.835. The summed E-state index contributed by atoms with van der Waals surface area (Å²) >= 11 is 0. The Hall–Kier alpha value is -2.30. The number of hydrogen-bond donors (Lipinski definition) is 2. The summed E-state index contributed by atoms with van der Waals surface area (Å²) < 4.78 is 5.55. The molecule has 1 aromatic carbocycles. The molecule has 0 bridgehead atoms. The van der Waals surface area contributed by atoms with E-state index in [0.29, 0.717) is 12.8 Å². The molecule has 3 N–H and O–H groups in total. The van der Waals surface area contributed by atoms with Crippen molar-refractivity contribution in [3.63, 3.8) is 0 Å². The second-order valence-electron chi connectivity index (χ2n) is 5.21. The lowest BCUT2D eigenvalue weighted by Crippen LogP contribution is -2.38. The van der Waals surface area contributed by atoms with Crippen molar-refractivity contribution < 1.29 is 14.3 Å². The minimum atomic E-state index is -0.624. The Bertz CT molecular complexity index is 616. The molecule has 0 unspecified atom stereocenters. The lowest BCUT2D eigenvalue weighted by atomic mass is 9.84. The largest absolute Gasteiger partial charge is 0.438 e. The van der Waals surface area contributed by atoms with E-state index in [0.717, 1.165) is 22.4 Å². The molecule has 1 aliphatic heterocycles. The average Bonchev–Trinajstić information content (AvgIpc) is 2.45. The van der Waals surface area contributed by atoms with E-state index in [4.69, 9.17) is 10.5 Å². The first-order valence-electron chi connectivity index (χ1n) is 7.04. The van der Waals surface area contributed by atoms with Gasteiger partial charge in [-0.1, -0.05) is 19.9 Å². The summed E-state index contributed by atoms with van der Waals surface area (Å²) in [5.41, 5.74) is 7.93. The predicted molar refractivity (Wildman–Crippen MR) is 81.7 cm³/mol. The summed E-state index contributed by atoms with van der Waals surface area (Å²) in [5, 5.41) is 2.72. The molecule has 0 atom stereocenters. The van der Waals surface area contributed by atoms with E-state index in [1.54, 1.807) is 0 Å². The van der Waals surface area contributed by atoms with E-state index in [1.807, 2.05) is 39.0 Å². The summed E-state index contributed by atoms with van der Waals surface area (Å²) in [6.45, 7) is 5.81. The fraction of sp³-hybridized carbons (Fsp3) is 0.375. The molecule has 1 aliphatic rings. The highest BCUT2D eigenvalue weighted by atomic mass is 16.6. The van der Waals surface area contributed by atoms with Crippen molar-refractivity contribution in [3.05, 3.63) is 35.4 Å². The highest BCUT2D eigenvalue weighted by Gasteiger charge is 2.39. The molecule has 0 saturated heterocycles. The summed E-state index contributed by atoms with van der Waals surface area (Å²) in [4.78, 5) is 22.7. The van der Waals surface area contributed by atoms with E-state index in [-0.39, 0.29) is 0 Å². The minimum Gasteiger partial charge on any atom is -0.438 e. The van der Waals surface area contributed by atoms with E-state index in [1.165, 1.54) is 6.08 Å². The summed E-state index contributed by atoms with van der Waals surface area (Å²) in [6.07, 6.45) is 2.34. The Balaban J connectivity index is 2.56. The van der Waals surface area contributed by atoms with Gasteiger partial charge in [-0.15, -0.1) is 0 Å². The maximum absolute atomic E-state index is 11.7. The molecule has 5 heteroatoms. The topological polar surface area (TPSA) is 81.4 Å². The minimum absolute atomic E-state index is 0.427. The maximum Gasteiger partial charge on any atom is 0.412 e. The molecular weight excluding hydrogens is 268 g/mol. The van der Waals surface area contributed by atoms with Gasteiger partial charge in [0.2, 0.25) is 5.91 Å². The van der Waals surface area contributed by atoms with E-state index in [2.05, 4.69) is 5.32 Å². The van der Waals surface area contributed by atoms with Crippen molar-refractivity contribution in [1.29, 1.82) is 0 Å². The van der Waals surface area contributed by atoms with Crippen LogP contribution in [-0.4, -0.2) is 12.0 Å². The highest BCUT2D eigenvalue weighted by Crippen LogP contribution is 2.42. The Kier molecular flexibility index (Phi) is 4.02. The smallest absolute Gasteiger partial charge is 0.412 e. The van der Waals surface area contributed by atoms with E-state index < -0.39 is 17.6 Å². The third-order valence-corrected chi connectivity index (χ3v) is 3.99. The predicted octanol–water partition coefficient (Wildman–Crippen LogP) is 3.15. The van der Waals surface area contributed by atoms with Gasteiger partial charge in [0, 0.05) is 11.6 Å². The van der Waals surface area contributed by atoms with Crippen molar-refractivity contribution >= 4 is 23.3 Å². The van der Waals surface area contributed by atoms with Gasteiger partial charge in [-0.25, -0.2) is 4.79 Å². The van der Waals surface area contributed by atoms with Crippen molar-refractivity contribution in [2.24, 2.45) is 5.73 Å². The van der Waals surface area contributed by atoms with Crippen LogP contribution >= 0.6 is 0 Å². The number of allylic oxidation sites excluding steroid dienone is 1. The number of nitrogens with two attached hydrogens (primary N) is 1. The standard InChI is InChI=1S/C16H20N2O3/c1-4-16(5-2)12-9-11(10(3)8-14(17)19)6-7-13(12)18-15(20)21-16/h6-9H,4-5H2,1-3H3,(H2,17,19)(H,18,20)/b10-8-. The number of fused-ring (bicyclic) bond motifs is 1. The van der Waals surface area contributed by atoms with Crippen LogP contribution in [0.25, 0.3) is 5.57 Å². The molecule has 112 valence electrons. The Morgan fingerprint density at radius 3 is 2.62 bits per heavy atom. The normalized spacial score (nSPS) is 16.7. The molecule has 0 fully saturated rings. The van der Waals surface area contributed by atoms with E-state index in [9.17, 15) is 9.59 Å². The SMILES string of the molecule is CCC1(CC)OC(=O)Nc2ccc(/C(C)=C\C(N)=O)cc21. The number of amides is 2. The number of carbonyl (C=O) groups excluding carboxylic acids is 2. The zero-order chi connectivity index (χ0) is 15.6. The van der Waals surface area contributed by atoms with Gasteiger partial charge >= 0.3 is 6.09 Å². The fourth-order valence-corrected chi connectivity index (χ4v) is 2.72. The van der Waals surface area contributed by atoms with Crippen molar-refractivity contribution in [1.82, 2.24) is 0 Å². The van der Waals surface area contributed by atoms with Gasteiger partial charge in [0.15, 0.2) is 0 Å². The molecule has 2 amide bonds. The van der Waals surface area contributed by atoms with Crippen LogP contribution in [-0.2, 0) is 15.1 Å². The van der Waals surface area contributed by atoms with Gasteiger partial charge in [-0.3, -0.25) is 10.1 Å². The molecule has 1 heterocycles. The molecular formula is C16H20N2O3. The third kappa shape index (κ3) is 2.77. The molecule has 2 rings (SSSR count). The van der Waals surface area contributed by atoms with Crippen LogP contribution < -0.4 is 11.1 Å². The van der Waals surface area contributed by atoms with Crippen molar-refractivity contribution in [2.75, 3.05) is 5.32 Å². The molecule has 0 saturated carbocycles. The first-order chi connectivity index (χ1) is 9.91. The van der Waals surface area contributed by atoms with Gasteiger partial charge in [-0.2, -0.15) is 0 Å². The zero-order valence-corrected chi connectivity index (χ0v) is 12.5.